The predicted octanol–water partition coefficient (Wildman–Crippen LogP) is 3.43. The smallest absolute Gasteiger partial charge is 0.407 e. The second-order valence-corrected chi connectivity index (χ2v) is 8.34. The van der Waals surface area contributed by atoms with Crippen LogP contribution in [0.1, 0.15) is 59.1 Å². The van der Waals surface area contributed by atoms with Gasteiger partial charge >= 0.3 is 6.09 Å². The van der Waals surface area contributed by atoms with E-state index >= 15 is 0 Å². The van der Waals surface area contributed by atoms with Crippen LogP contribution in [0.4, 0.5) is 10.5 Å². The van der Waals surface area contributed by atoms with Crippen molar-refractivity contribution in [2.24, 2.45) is 4.99 Å². The lowest BCUT2D eigenvalue weighted by Crippen LogP contribution is -2.39. The second kappa shape index (κ2) is 10.9. The van der Waals surface area contributed by atoms with Crippen molar-refractivity contribution in [1.82, 2.24) is 16.0 Å². The van der Waals surface area contributed by atoms with Crippen LogP contribution < -0.4 is 20.9 Å². The second-order valence-electron chi connectivity index (χ2n) is 8.34. The molecule has 1 amide bonds. The number of hydrogen-bond donors (Lipinski definition) is 3. The van der Waals surface area contributed by atoms with Crippen LogP contribution in [0.15, 0.2) is 29.3 Å². The molecule has 1 aromatic carbocycles. The molecule has 29 heavy (non-hydrogen) atoms. The van der Waals surface area contributed by atoms with E-state index in [4.69, 9.17) is 4.74 Å². The van der Waals surface area contributed by atoms with Crippen molar-refractivity contribution in [3.8, 4) is 0 Å². The normalized spacial score (nSPS) is 15.8. The van der Waals surface area contributed by atoms with Gasteiger partial charge in [-0.2, -0.15) is 0 Å². The lowest BCUT2D eigenvalue weighted by molar-refractivity contribution is 0.0529. The lowest BCUT2D eigenvalue weighted by atomic mass is 10.1. The van der Waals surface area contributed by atoms with Gasteiger partial charge in [-0.1, -0.05) is 12.1 Å². The highest BCUT2D eigenvalue weighted by Gasteiger charge is 2.16. The highest BCUT2D eigenvalue weighted by atomic mass is 16.6. The highest BCUT2D eigenvalue weighted by Crippen LogP contribution is 2.23. The number of nitrogens with one attached hydrogen (secondary N) is 3. The van der Waals surface area contributed by atoms with Crippen molar-refractivity contribution >= 4 is 17.7 Å². The zero-order valence-corrected chi connectivity index (χ0v) is 18.5. The minimum absolute atomic E-state index is 0.120. The van der Waals surface area contributed by atoms with E-state index in [1.54, 1.807) is 0 Å². The average molecular weight is 404 g/mol. The molecule has 2 rings (SSSR count). The number of aliphatic imine (C=N–C) groups is 1. The van der Waals surface area contributed by atoms with Gasteiger partial charge in [0.05, 0.1) is 12.6 Å². The summed E-state index contributed by atoms with van der Waals surface area (Å²) in [4.78, 5) is 18.7. The third-order valence-electron chi connectivity index (χ3n) is 4.59. The molecule has 1 aliphatic heterocycles. The third kappa shape index (κ3) is 8.21. The number of nitrogens with zero attached hydrogens (tertiary/aromatic N) is 2. The summed E-state index contributed by atoms with van der Waals surface area (Å²) < 4.78 is 5.23. The van der Waals surface area contributed by atoms with Crippen LogP contribution in [-0.4, -0.2) is 50.4 Å². The topological polar surface area (TPSA) is 78.0 Å². The Morgan fingerprint density at radius 3 is 2.62 bits per heavy atom. The number of carbonyl (C=O) groups is 1. The summed E-state index contributed by atoms with van der Waals surface area (Å²) in [5, 5.41) is 9.45. The Kier molecular flexibility index (Phi) is 8.61. The van der Waals surface area contributed by atoms with Gasteiger partial charge in [0.1, 0.15) is 5.60 Å². The van der Waals surface area contributed by atoms with Gasteiger partial charge in [-0.05, 0) is 65.2 Å². The van der Waals surface area contributed by atoms with Crippen molar-refractivity contribution in [2.45, 2.75) is 59.1 Å². The number of hydrogen-bond acceptors (Lipinski definition) is 4. The first-order valence-corrected chi connectivity index (χ1v) is 10.6. The molecule has 7 heteroatoms. The molecule has 0 radical (unpaired) electrons. The zero-order chi connectivity index (χ0) is 21.3. The van der Waals surface area contributed by atoms with Gasteiger partial charge in [-0.3, -0.25) is 4.99 Å². The molecule has 1 fully saturated rings. The van der Waals surface area contributed by atoms with E-state index in [-0.39, 0.29) is 6.04 Å². The average Bonchev–Trinajstić information content (AvgIpc) is 3.19. The van der Waals surface area contributed by atoms with E-state index in [1.165, 1.54) is 24.1 Å². The van der Waals surface area contributed by atoms with Crippen LogP contribution >= 0.6 is 0 Å². The van der Waals surface area contributed by atoms with Crippen LogP contribution in [0, 0.1) is 0 Å². The highest BCUT2D eigenvalue weighted by molar-refractivity contribution is 5.80. The van der Waals surface area contributed by atoms with Gasteiger partial charge in [-0.15, -0.1) is 0 Å². The van der Waals surface area contributed by atoms with Crippen LogP contribution in [0.3, 0.4) is 0 Å². The number of amides is 1. The Balaban J connectivity index is 1.89. The monoisotopic (exact) mass is 403 g/mol. The molecule has 0 bridgehead atoms. The molecular weight excluding hydrogens is 366 g/mol. The van der Waals surface area contributed by atoms with Gasteiger partial charge in [-0.25, -0.2) is 4.79 Å². The predicted molar refractivity (Wildman–Crippen MR) is 120 cm³/mol. The molecule has 1 saturated heterocycles. The van der Waals surface area contributed by atoms with Gasteiger partial charge in [0.2, 0.25) is 0 Å². The van der Waals surface area contributed by atoms with E-state index < -0.39 is 11.7 Å². The Labute approximate surface area is 175 Å². The Hall–Kier alpha value is -2.44. The van der Waals surface area contributed by atoms with Crippen molar-refractivity contribution in [2.75, 3.05) is 37.6 Å². The Bertz CT molecular complexity index is 678. The van der Waals surface area contributed by atoms with Gasteiger partial charge in [0.25, 0.3) is 0 Å². The largest absolute Gasteiger partial charge is 0.444 e. The van der Waals surface area contributed by atoms with Crippen molar-refractivity contribution in [1.29, 1.82) is 0 Å². The van der Waals surface area contributed by atoms with Crippen LogP contribution in [-0.2, 0) is 4.74 Å². The van der Waals surface area contributed by atoms with E-state index in [2.05, 4.69) is 57.0 Å². The Morgan fingerprint density at radius 2 is 1.97 bits per heavy atom. The standard InChI is InChI=1S/C22H37N5O2/c1-6-23-20(24-12-13-25-21(28)29-22(3,4)5)26-17(2)18-10-9-11-19(16-18)27-14-7-8-15-27/h9-11,16-17H,6-8,12-15H2,1-5H3,(H,25,28)(H2,23,24,26). The van der Waals surface area contributed by atoms with E-state index in [0.717, 1.165) is 25.6 Å². The summed E-state index contributed by atoms with van der Waals surface area (Å²) in [6.07, 6.45) is 2.12. The van der Waals surface area contributed by atoms with E-state index in [0.29, 0.717) is 13.1 Å². The van der Waals surface area contributed by atoms with Crippen molar-refractivity contribution < 1.29 is 9.53 Å². The summed E-state index contributed by atoms with van der Waals surface area (Å²) in [6, 6.07) is 8.83. The molecule has 162 valence electrons. The lowest BCUT2D eigenvalue weighted by Gasteiger charge is -2.22. The molecule has 1 aliphatic rings. The molecule has 0 spiro atoms. The number of rotatable bonds is 7. The number of carbonyl (C=O) groups excluding carboxylic acids is 1. The van der Waals surface area contributed by atoms with Crippen LogP contribution in [0.2, 0.25) is 0 Å². The molecule has 0 aliphatic carbocycles. The molecular formula is C22H37N5O2. The van der Waals surface area contributed by atoms with E-state index in [9.17, 15) is 4.79 Å². The van der Waals surface area contributed by atoms with Gasteiger partial charge < -0.3 is 25.6 Å². The Morgan fingerprint density at radius 1 is 1.24 bits per heavy atom. The van der Waals surface area contributed by atoms with Crippen LogP contribution in [0.5, 0.6) is 0 Å². The molecule has 1 aromatic rings. The first-order valence-electron chi connectivity index (χ1n) is 10.6. The van der Waals surface area contributed by atoms with Crippen LogP contribution in [0.25, 0.3) is 0 Å². The fourth-order valence-electron chi connectivity index (χ4n) is 3.21. The van der Waals surface area contributed by atoms with Gasteiger partial charge in [0.15, 0.2) is 5.96 Å². The zero-order valence-electron chi connectivity index (χ0n) is 18.5. The summed E-state index contributed by atoms with van der Waals surface area (Å²) in [6.45, 7) is 13.6. The maximum atomic E-state index is 11.7. The molecule has 1 atom stereocenters. The third-order valence-corrected chi connectivity index (χ3v) is 4.59. The van der Waals surface area contributed by atoms with E-state index in [1.807, 2.05) is 27.7 Å². The molecule has 1 heterocycles. The number of benzene rings is 1. The van der Waals surface area contributed by atoms with Crippen molar-refractivity contribution in [3.05, 3.63) is 29.8 Å². The number of guanidine groups is 1. The number of alkyl carbamates (subject to hydrolysis) is 1. The molecule has 0 aromatic heterocycles. The molecule has 0 saturated carbocycles. The SMILES string of the molecule is CCNC(=NCCNC(=O)OC(C)(C)C)NC(C)c1cccc(N2CCCC2)c1. The number of ether oxygens (including phenoxy) is 1. The van der Waals surface area contributed by atoms with Gasteiger partial charge in [0, 0.05) is 31.9 Å². The van der Waals surface area contributed by atoms with Crippen molar-refractivity contribution in [3.63, 3.8) is 0 Å². The fraction of sp³-hybridized carbons (Fsp3) is 0.636. The summed E-state index contributed by atoms with van der Waals surface area (Å²) in [5.74, 6) is 0.734. The quantitative estimate of drug-likeness (QED) is 0.369. The summed E-state index contributed by atoms with van der Waals surface area (Å²) >= 11 is 0. The maximum Gasteiger partial charge on any atom is 0.407 e. The summed E-state index contributed by atoms with van der Waals surface area (Å²) in [5.41, 5.74) is 2.02. The minimum Gasteiger partial charge on any atom is -0.444 e. The summed E-state index contributed by atoms with van der Waals surface area (Å²) in [7, 11) is 0. The first-order chi connectivity index (χ1) is 13.8. The molecule has 7 nitrogen and oxygen atoms in total. The fourth-order valence-corrected chi connectivity index (χ4v) is 3.21. The molecule has 1 unspecified atom stereocenters. The molecule has 3 N–H and O–H groups in total. The number of anilines is 1. The first kappa shape index (κ1) is 22.8. The minimum atomic E-state index is -0.497. The maximum absolute atomic E-state index is 11.7.